The Hall–Kier alpha value is -3.07. The molecule has 34 heavy (non-hydrogen) atoms. The maximum absolute atomic E-state index is 13.5. The standard InChI is InChI=1S/C25H35N3O5S/c1-7-19(3)26-25(30)20(4)27(16-21-11-8-10-18(2)14-21)24(29)17-28(34(6,31)32)22-12-9-13-23(15-22)33-5/h8-15,19-20H,7,16-17H2,1-6H3,(H,26,30). The van der Waals surface area contributed by atoms with Gasteiger partial charge in [0.2, 0.25) is 21.8 Å². The summed E-state index contributed by atoms with van der Waals surface area (Å²) in [7, 11) is -2.31. The fourth-order valence-corrected chi connectivity index (χ4v) is 4.28. The topological polar surface area (TPSA) is 96.0 Å². The zero-order valence-corrected chi connectivity index (χ0v) is 21.6. The summed E-state index contributed by atoms with van der Waals surface area (Å²) in [5.41, 5.74) is 2.18. The number of carbonyl (C=O) groups excluding carboxylic acids is 2. The highest BCUT2D eigenvalue weighted by Gasteiger charge is 2.30. The quantitative estimate of drug-likeness (QED) is 0.523. The molecule has 0 aliphatic carbocycles. The number of hydrogen-bond donors (Lipinski definition) is 1. The van der Waals surface area contributed by atoms with Crippen molar-refractivity contribution in [2.75, 3.05) is 24.2 Å². The zero-order valence-electron chi connectivity index (χ0n) is 20.7. The Bertz CT molecular complexity index is 1100. The second-order valence-corrected chi connectivity index (χ2v) is 10.4. The van der Waals surface area contributed by atoms with Crippen LogP contribution in [0.15, 0.2) is 48.5 Å². The van der Waals surface area contributed by atoms with E-state index in [1.165, 1.54) is 12.0 Å². The van der Waals surface area contributed by atoms with E-state index >= 15 is 0 Å². The summed E-state index contributed by atoms with van der Waals surface area (Å²) in [4.78, 5) is 27.8. The van der Waals surface area contributed by atoms with E-state index in [9.17, 15) is 18.0 Å². The van der Waals surface area contributed by atoms with E-state index < -0.39 is 28.5 Å². The molecule has 0 saturated heterocycles. The highest BCUT2D eigenvalue weighted by Crippen LogP contribution is 2.23. The number of hydrogen-bond acceptors (Lipinski definition) is 5. The van der Waals surface area contributed by atoms with E-state index in [2.05, 4.69) is 5.32 Å². The van der Waals surface area contributed by atoms with Gasteiger partial charge in [0, 0.05) is 18.7 Å². The van der Waals surface area contributed by atoms with E-state index in [0.29, 0.717) is 11.4 Å². The number of rotatable bonds is 11. The predicted molar refractivity (Wildman–Crippen MR) is 134 cm³/mol. The van der Waals surface area contributed by atoms with Crippen molar-refractivity contribution in [3.05, 3.63) is 59.7 Å². The van der Waals surface area contributed by atoms with Crippen LogP contribution in [0.4, 0.5) is 5.69 Å². The number of nitrogens with one attached hydrogen (secondary N) is 1. The molecule has 2 unspecified atom stereocenters. The van der Waals surface area contributed by atoms with Gasteiger partial charge in [0.25, 0.3) is 0 Å². The number of benzene rings is 2. The summed E-state index contributed by atoms with van der Waals surface area (Å²) in [6.45, 7) is 7.18. The minimum absolute atomic E-state index is 0.0461. The van der Waals surface area contributed by atoms with Crippen molar-refractivity contribution in [1.82, 2.24) is 10.2 Å². The Balaban J connectivity index is 2.40. The van der Waals surface area contributed by atoms with Gasteiger partial charge < -0.3 is 15.0 Å². The molecule has 1 N–H and O–H groups in total. The van der Waals surface area contributed by atoms with Crippen LogP contribution >= 0.6 is 0 Å². The first kappa shape index (κ1) is 27.2. The molecule has 0 heterocycles. The van der Waals surface area contributed by atoms with Crippen LogP contribution in [0.25, 0.3) is 0 Å². The molecule has 8 nitrogen and oxygen atoms in total. The Morgan fingerprint density at radius 1 is 1.09 bits per heavy atom. The Morgan fingerprint density at radius 3 is 2.35 bits per heavy atom. The van der Waals surface area contributed by atoms with Gasteiger partial charge >= 0.3 is 0 Å². The molecular weight excluding hydrogens is 454 g/mol. The molecule has 0 aliphatic rings. The lowest BCUT2D eigenvalue weighted by Gasteiger charge is -2.32. The van der Waals surface area contributed by atoms with Crippen LogP contribution in [0.2, 0.25) is 0 Å². The molecule has 186 valence electrons. The van der Waals surface area contributed by atoms with E-state index in [1.54, 1.807) is 31.2 Å². The summed E-state index contributed by atoms with van der Waals surface area (Å²) in [5, 5.41) is 2.91. The minimum atomic E-state index is -3.79. The van der Waals surface area contributed by atoms with Gasteiger partial charge in [-0.15, -0.1) is 0 Å². The molecule has 2 rings (SSSR count). The van der Waals surface area contributed by atoms with Crippen LogP contribution in [0.1, 0.15) is 38.3 Å². The van der Waals surface area contributed by atoms with Crippen molar-refractivity contribution in [3.8, 4) is 5.75 Å². The monoisotopic (exact) mass is 489 g/mol. The molecule has 0 fully saturated rings. The minimum Gasteiger partial charge on any atom is -0.497 e. The van der Waals surface area contributed by atoms with Gasteiger partial charge in [-0.3, -0.25) is 13.9 Å². The molecule has 0 spiro atoms. The number of anilines is 1. The lowest BCUT2D eigenvalue weighted by Crippen LogP contribution is -2.52. The highest BCUT2D eigenvalue weighted by atomic mass is 32.2. The molecule has 0 saturated carbocycles. The van der Waals surface area contributed by atoms with Crippen LogP contribution in [0.3, 0.4) is 0 Å². The predicted octanol–water partition coefficient (Wildman–Crippen LogP) is 3.10. The smallest absolute Gasteiger partial charge is 0.244 e. The van der Waals surface area contributed by atoms with Gasteiger partial charge in [0.05, 0.1) is 19.1 Å². The van der Waals surface area contributed by atoms with Crippen molar-refractivity contribution in [2.45, 2.75) is 52.7 Å². The van der Waals surface area contributed by atoms with Crippen LogP contribution < -0.4 is 14.4 Å². The summed E-state index contributed by atoms with van der Waals surface area (Å²) in [5.74, 6) is -0.305. The fraction of sp³-hybridized carbons (Fsp3) is 0.440. The van der Waals surface area contributed by atoms with Gasteiger partial charge in [-0.2, -0.15) is 0 Å². The van der Waals surface area contributed by atoms with Crippen LogP contribution in [-0.2, 0) is 26.2 Å². The maximum Gasteiger partial charge on any atom is 0.244 e. The molecule has 0 radical (unpaired) electrons. The van der Waals surface area contributed by atoms with Gasteiger partial charge in [-0.25, -0.2) is 8.42 Å². The molecule has 9 heteroatoms. The van der Waals surface area contributed by atoms with Gasteiger partial charge in [-0.1, -0.05) is 42.8 Å². The number of aryl methyl sites for hydroxylation is 1. The summed E-state index contributed by atoms with van der Waals surface area (Å²) in [6, 6.07) is 13.3. The number of carbonyl (C=O) groups is 2. The second-order valence-electron chi connectivity index (χ2n) is 8.48. The number of amides is 2. The number of nitrogens with zero attached hydrogens (tertiary/aromatic N) is 2. The summed E-state index contributed by atoms with van der Waals surface area (Å²) in [6.07, 6.45) is 1.80. The average Bonchev–Trinajstić information content (AvgIpc) is 2.79. The number of methoxy groups -OCH3 is 1. The SMILES string of the molecule is CCC(C)NC(=O)C(C)N(Cc1cccc(C)c1)C(=O)CN(c1cccc(OC)c1)S(C)(=O)=O. The van der Waals surface area contributed by atoms with Gasteiger partial charge in [-0.05, 0) is 44.9 Å². The van der Waals surface area contributed by atoms with Gasteiger partial charge in [0.15, 0.2) is 0 Å². The second kappa shape index (κ2) is 11.9. The third-order valence-electron chi connectivity index (χ3n) is 5.62. The van der Waals surface area contributed by atoms with Gasteiger partial charge in [0.1, 0.15) is 18.3 Å². The number of ether oxygens (including phenoxy) is 1. The van der Waals surface area contributed by atoms with E-state index in [1.807, 2.05) is 45.0 Å². The largest absolute Gasteiger partial charge is 0.497 e. The lowest BCUT2D eigenvalue weighted by molar-refractivity contribution is -0.139. The molecule has 0 aliphatic heterocycles. The first-order valence-corrected chi connectivity index (χ1v) is 13.1. The van der Waals surface area contributed by atoms with Crippen LogP contribution in [-0.4, -0.2) is 57.1 Å². The van der Waals surface area contributed by atoms with E-state index in [0.717, 1.165) is 28.1 Å². The first-order chi connectivity index (χ1) is 16.0. The number of sulfonamides is 1. The van der Waals surface area contributed by atoms with E-state index in [4.69, 9.17) is 4.74 Å². The van der Waals surface area contributed by atoms with Crippen molar-refractivity contribution < 1.29 is 22.7 Å². The summed E-state index contributed by atoms with van der Waals surface area (Å²) < 4.78 is 31.5. The fourth-order valence-electron chi connectivity index (χ4n) is 3.43. The molecular formula is C25H35N3O5S. The third-order valence-corrected chi connectivity index (χ3v) is 6.76. The highest BCUT2D eigenvalue weighted by molar-refractivity contribution is 7.92. The molecule has 0 aromatic heterocycles. The Kier molecular flexibility index (Phi) is 9.49. The third kappa shape index (κ3) is 7.48. The van der Waals surface area contributed by atoms with E-state index in [-0.39, 0.29) is 18.5 Å². The van der Waals surface area contributed by atoms with Crippen molar-refractivity contribution in [1.29, 1.82) is 0 Å². The molecule has 2 aromatic rings. The van der Waals surface area contributed by atoms with Crippen molar-refractivity contribution >= 4 is 27.5 Å². The Labute approximate surface area is 202 Å². The van der Waals surface area contributed by atoms with Crippen molar-refractivity contribution in [3.63, 3.8) is 0 Å². The molecule has 2 aromatic carbocycles. The zero-order chi connectivity index (χ0) is 25.5. The van der Waals surface area contributed by atoms with Crippen LogP contribution in [0, 0.1) is 6.92 Å². The first-order valence-electron chi connectivity index (χ1n) is 11.2. The summed E-state index contributed by atoms with van der Waals surface area (Å²) >= 11 is 0. The van der Waals surface area contributed by atoms with Crippen LogP contribution in [0.5, 0.6) is 5.75 Å². The molecule has 2 atom stereocenters. The maximum atomic E-state index is 13.5. The average molecular weight is 490 g/mol. The Morgan fingerprint density at radius 2 is 1.76 bits per heavy atom. The lowest BCUT2D eigenvalue weighted by atomic mass is 10.1. The normalized spacial score (nSPS) is 13.0. The molecule has 0 bridgehead atoms. The molecule has 2 amide bonds. The van der Waals surface area contributed by atoms with Crippen molar-refractivity contribution in [2.24, 2.45) is 0 Å².